The van der Waals surface area contributed by atoms with E-state index in [1.165, 1.54) is 0 Å². The molecule has 1 saturated heterocycles. The lowest BCUT2D eigenvalue weighted by Gasteiger charge is -2.21. The minimum Gasteiger partial charge on any atom is -0.479 e. The Labute approximate surface area is 135 Å². The highest BCUT2D eigenvalue weighted by Crippen LogP contribution is 2.22. The van der Waals surface area contributed by atoms with Gasteiger partial charge in [-0.2, -0.15) is 0 Å². The Bertz CT molecular complexity index is 457. The summed E-state index contributed by atoms with van der Waals surface area (Å²) in [6, 6.07) is -0.761. The molecule has 8 heteroatoms. The maximum atomic E-state index is 12.2. The Morgan fingerprint density at radius 2 is 1.83 bits per heavy atom. The molecule has 1 heterocycles. The number of carboxylic acids is 1. The second-order valence-corrected chi connectivity index (χ2v) is 6.86. The maximum Gasteiger partial charge on any atom is 0.336 e. The van der Waals surface area contributed by atoms with Crippen LogP contribution in [0.1, 0.15) is 40.5 Å². The Morgan fingerprint density at radius 3 is 2.26 bits per heavy atom. The number of epoxide rings is 1. The van der Waals surface area contributed by atoms with Crippen LogP contribution in [0.3, 0.4) is 0 Å². The fourth-order valence-electron chi connectivity index (χ4n) is 2.07. The summed E-state index contributed by atoms with van der Waals surface area (Å²) < 4.78 is 4.78. The Morgan fingerprint density at radius 1 is 1.22 bits per heavy atom. The number of hydrogen-bond donors (Lipinski definition) is 4. The van der Waals surface area contributed by atoms with Crippen molar-refractivity contribution in [2.75, 3.05) is 6.54 Å². The number of carbonyl (C=O) groups is 3. The van der Waals surface area contributed by atoms with Crippen LogP contribution in [0.5, 0.6) is 0 Å². The molecule has 0 aromatic carbocycles. The smallest absolute Gasteiger partial charge is 0.336 e. The van der Waals surface area contributed by atoms with Crippen LogP contribution in [0.15, 0.2) is 0 Å². The lowest BCUT2D eigenvalue weighted by Crippen LogP contribution is -2.49. The lowest BCUT2D eigenvalue weighted by molar-refractivity contribution is -0.138. The van der Waals surface area contributed by atoms with Gasteiger partial charge in [-0.05, 0) is 32.6 Å². The molecule has 23 heavy (non-hydrogen) atoms. The van der Waals surface area contributed by atoms with E-state index in [1.807, 2.05) is 13.8 Å². The van der Waals surface area contributed by atoms with Gasteiger partial charge in [0.1, 0.15) is 6.04 Å². The SMILES string of the molecule is CC(C)C[C@H](NC(=O)[C@H]1OC1C(=O)O)C(=O)NCCC(C)(C)O. The maximum absolute atomic E-state index is 12.2. The van der Waals surface area contributed by atoms with E-state index in [9.17, 15) is 19.5 Å². The number of carbonyl (C=O) groups excluding carboxylic acids is 2. The first-order chi connectivity index (χ1) is 10.5. The van der Waals surface area contributed by atoms with Crippen molar-refractivity contribution in [2.24, 2.45) is 5.92 Å². The molecule has 2 amide bonds. The number of rotatable bonds is 9. The summed E-state index contributed by atoms with van der Waals surface area (Å²) in [4.78, 5) is 34.8. The third-order valence-corrected chi connectivity index (χ3v) is 3.37. The molecule has 0 aromatic heterocycles. The minimum atomic E-state index is -1.19. The van der Waals surface area contributed by atoms with Gasteiger partial charge in [-0.15, -0.1) is 0 Å². The first-order valence-corrected chi connectivity index (χ1v) is 7.70. The minimum absolute atomic E-state index is 0.163. The molecule has 4 N–H and O–H groups in total. The van der Waals surface area contributed by atoms with E-state index in [0.717, 1.165) is 0 Å². The number of nitrogens with one attached hydrogen (secondary N) is 2. The van der Waals surface area contributed by atoms with Gasteiger partial charge in [0.15, 0.2) is 12.2 Å². The van der Waals surface area contributed by atoms with E-state index in [2.05, 4.69) is 10.6 Å². The van der Waals surface area contributed by atoms with E-state index in [-0.39, 0.29) is 18.4 Å². The zero-order chi connectivity index (χ0) is 17.8. The number of amides is 2. The van der Waals surface area contributed by atoms with Gasteiger partial charge in [0, 0.05) is 6.54 Å². The summed E-state index contributed by atoms with van der Waals surface area (Å²) in [6.45, 7) is 7.39. The van der Waals surface area contributed by atoms with Gasteiger partial charge in [0.2, 0.25) is 5.91 Å². The second kappa shape index (κ2) is 7.74. The van der Waals surface area contributed by atoms with Gasteiger partial charge >= 0.3 is 5.97 Å². The van der Waals surface area contributed by atoms with Crippen molar-refractivity contribution in [3.8, 4) is 0 Å². The molecule has 1 rings (SSSR count). The highest BCUT2D eigenvalue weighted by Gasteiger charge is 2.51. The normalized spacial score (nSPS) is 21.7. The fourth-order valence-corrected chi connectivity index (χ4v) is 2.07. The largest absolute Gasteiger partial charge is 0.479 e. The van der Waals surface area contributed by atoms with E-state index in [1.54, 1.807) is 13.8 Å². The zero-order valence-corrected chi connectivity index (χ0v) is 14.0. The lowest BCUT2D eigenvalue weighted by atomic mass is 10.0. The predicted molar refractivity (Wildman–Crippen MR) is 81.6 cm³/mol. The van der Waals surface area contributed by atoms with Crippen LogP contribution in [0, 0.1) is 5.92 Å². The van der Waals surface area contributed by atoms with Crippen molar-refractivity contribution in [1.29, 1.82) is 0 Å². The second-order valence-electron chi connectivity index (χ2n) is 6.86. The highest BCUT2D eigenvalue weighted by molar-refractivity contribution is 5.95. The third kappa shape index (κ3) is 6.96. The first kappa shape index (κ1) is 19.4. The van der Waals surface area contributed by atoms with Gasteiger partial charge in [-0.1, -0.05) is 13.8 Å². The van der Waals surface area contributed by atoms with Gasteiger partial charge in [0.05, 0.1) is 5.60 Å². The Kier molecular flexibility index (Phi) is 6.52. The van der Waals surface area contributed by atoms with E-state index in [0.29, 0.717) is 12.8 Å². The molecular formula is C15H26N2O6. The van der Waals surface area contributed by atoms with Crippen LogP contribution in [0.4, 0.5) is 0 Å². The number of carboxylic acid groups (broad SMARTS) is 1. The predicted octanol–water partition coefficient (Wildman–Crippen LogP) is -0.353. The van der Waals surface area contributed by atoms with Crippen molar-refractivity contribution in [2.45, 2.75) is 64.4 Å². The van der Waals surface area contributed by atoms with Gasteiger partial charge in [-0.3, -0.25) is 9.59 Å². The number of aliphatic carboxylic acids is 1. The Balaban J connectivity index is 2.53. The molecule has 3 atom stereocenters. The van der Waals surface area contributed by atoms with Crippen LogP contribution >= 0.6 is 0 Å². The average Bonchev–Trinajstić information content (AvgIpc) is 3.15. The number of aliphatic hydroxyl groups is 1. The van der Waals surface area contributed by atoms with Crippen molar-refractivity contribution in [3.05, 3.63) is 0 Å². The van der Waals surface area contributed by atoms with Gasteiger partial charge in [0.25, 0.3) is 5.91 Å². The first-order valence-electron chi connectivity index (χ1n) is 7.70. The number of ether oxygens (including phenoxy) is 1. The zero-order valence-electron chi connectivity index (χ0n) is 14.0. The molecule has 1 fully saturated rings. The average molecular weight is 330 g/mol. The molecule has 0 radical (unpaired) electrons. The van der Waals surface area contributed by atoms with Crippen molar-refractivity contribution >= 4 is 17.8 Å². The molecule has 0 aliphatic carbocycles. The van der Waals surface area contributed by atoms with Crippen molar-refractivity contribution < 1.29 is 29.3 Å². The van der Waals surface area contributed by atoms with Crippen LogP contribution in [0.25, 0.3) is 0 Å². The standard InChI is InChI=1S/C15H26N2O6/c1-8(2)7-9(12(18)16-6-5-15(3,4)22)17-13(19)10-11(23-10)14(20)21/h8-11,22H,5-7H2,1-4H3,(H,16,18)(H,17,19)(H,20,21)/t9-,10-,11?/m0/s1. The molecule has 1 aliphatic rings. The summed E-state index contributed by atoms with van der Waals surface area (Å²) in [6.07, 6.45) is -1.36. The molecular weight excluding hydrogens is 304 g/mol. The molecule has 0 aromatic rings. The van der Waals surface area contributed by atoms with E-state index < -0.39 is 35.7 Å². The van der Waals surface area contributed by atoms with Gasteiger partial charge in [-0.25, -0.2) is 4.79 Å². The van der Waals surface area contributed by atoms with Gasteiger partial charge < -0.3 is 25.6 Å². The summed E-state index contributed by atoms with van der Waals surface area (Å²) in [7, 11) is 0. The number of hydrogen-bond acceptors (Lipinski definition) is 5. The van der Waals surface area contributed by atoms with E-state index >= 15 is 0 Å². The summed E-state index contributed by atoms with van der Waals surface area (Å²) in [5.41, 5.74) is -0.888. The Hall–Kier alpha value is -1.67. The van der Waals surface area contributed by atoms with E-state index in [4.69, 9.17) is 9.84 Å². The molecule has 1 aliphatic heterocycles. The van der Waals surface area contributed by atoms with Crippen molar-refractivity contribution in [1.82, 2.24) is 10.6 Å². The van der Waals surface area contributed by atoms with Crippen LogP contribution in [-0.2, 0) is 19.1 Å². The fraction of sp³-hybridized carbons (Fsp3) is 0.800. The molecule has 1 unspecified atom stereocenters. The monoisotopic (exact) mass is 330 g/mol. The molecule has 0 bridgehead atoms. The topological polar surface area (TPSA) is 128 Å². The highest BCUT2D eigenvalue weighted by atomic mass is 16.6. The van der Waals surface area contributed by atoms with Crippen LogP contribution < -0.4 is 10.6 Å². The molecule has 8 nitrogen and oxygen atoms in total. The van der Waals surface area contributed by atoms with Crippen LogP contribution in [0.2, 0.25) is 0 Å². The summed E-state index contributed by atoms with van der Waals surface area (Å²) in [5.74, 6) is -1.99. The molecule has 0 spiro atoms. The van der Waals surface area contributed by atoms with Crippen molar-refractivity contribution in [3.63, 3.8) is 0 Å². The third-order valence-electron chi connectivity index (χ3n) is 3.37. The van der Waals surface area contributed by atoms with Crippen LogP contribution in [-0.4, -0.2) is 58.4 Å². The molecule has 0 saturated carbocycles. The quantitative estimate of drug-likeness (QED) is 0.428. The summed E-state index contributed by atoms with van der Waals surface area (Å²) in [5, 5.41) is 23.6. The summed E-state index contributed by atoms with van der Waals surface area (Å²) >= 11 is 0. The molecule has 132 valence electrons.